The standard InChI is InChI=1S/C15H13BrN4/c16-12-5-6-14-18-15(19-20(14)9-12)17-13-7-10-3-1-2-4-11(10)8-13/h1-6,9,13H,7-8H2,(H,17,19). The number of halogens is 1. The van der Waals surface area contributed by atoms with Crippen LogP contribution in [0.15, 0.2) is 47.1 Å². The van der Waals surface area contributed by atoms with Gasteiger partial charge in [0, 0.05) is 16.7 Å². The van der Waals surface area contributed by atoms with E-state index in [1.165, 1.54) is 11.1 Å². The number of fused-ring (bicyclic) bond motifs is 2. The topological polar surface area (TPSA) is 42.2 Å². The van der Waals surface area contributed by atoms with Crippen LogP contribution in [0, 0.1) is 0 Å². The first-order valence-electron chi connectivity index (χ1n) is 6.63. The molecule has 0 amide bonds. The molecule has 20 heavy (non-hydrogen) atoms. The van der Waals surface area contributed by atoms with Gasteiger partial charge in [-0.2, -0.15) is 4.98 Å². The lowest BCUT2D eigenvalue weighted by atomic mass is 10.1. The van der Waals surface area contributed by atoms with Gasteiger partial charge in [-0.15, -0.1) is 5.10 Å². The lowest BCUT2D eigenvalue weighted by molar-refractivity contribution is 0.760. The first-order valence-corrected chi connectivity index (χ1v) is 7.42. The van der Waals surface area contributed by atoms with Crippen LogP contribution in [0.1, 0.15) is 11.1 Å². The molecule has 4 rings (SSSR count). The third-order valence-corrected chi connectivity index (χ3v) is 4.15. The van der Waals surface area contributed by atoms with Crippen molar-refractivity contribution in [2.45, 2.75) is 18.9 Å². The predicted octanol–water partition coefficient (Wildman–Crippen LogP) is 3.07. The first kappa shape index (κ1) is 11.9. The Kier molecular flexibility index (Phi) is 2.73. The van der Waals surface area contributed by atoms with Gasteiger partial charge in [0.05, 0.1) is 0 Å². The van der Waals surface area contributed by atoms with Crippen molar-refractivity contribution >= 4 is 27.5 Å². The van der Waals surface area contributed by atoms with Crippen molar-refractivity contribution in [3.8, 4) is 0 Å². The SMILES string of the molecule is Brc1ccc2nc(NC3Cc4ccccc4C3)nn2c1. The van der Waals surface area contributed by atoms with Crippen LogP contribution in [0.5, 0.6) is 0 Å². The fraction of sp³-hybridized carbons (Fsp3) is 0.200. The fourth-order valence-electron chi connectivity index (χ4n) is 2.76. The van der Waals surface area contributed by atoms with Crippen molar-refractivity contribution in [3.05, 3.63) is 58.2 Å². The summed E-state index contributed by atoms with van der Waals surface area (Å²) in [4.78, 5) is 4.50. The monoisotopic (exact) mass is 328 g/mol. The number of hydrogen-bond acceptors (Lipinski definition) is 3. The molecule has 0 aliphatic heterocycles. The second-order valence-corrected chi connectivity index (χ2v) is 6.02. The van der Waals surface area contributed by atoms with E-state index in [2.05, 4.69) is 55.6 Å². The van der Waals surface area contributed by atoms with E-state index in [1.807, 2.05) is 18.3 Å². The summed E-state index contributed by atoms with van der Waals surface area (Å²) in [6.07, 6.45) is 3.99. The molecule has 1 aliphatic carbocycles. The Morgan fingerprint density at radius 2 is 1.85 bits per heavy atom. The Labute approximate surface area is 125 Å². The van der Waals surface area contributed by atoms with Gasteiger partial charge in [0.15, 0.2) is 5.65 Å². The number of rotatable bonds is 2. The maximum atomic E-state index is 4.50. The zero-order chi connectivity index (χ0) is 13.5. The molecule has 5 heteroatoms. The Morgan fingerprint density at radius 3 is 2.60 bits per heavy atom. The third kappa shape index (κ3) is 2.08. The zero-order valence-corrected chi connectivity index (χ0v) is 12.3. The zero-order valence-electron chi connectivity index (χ0n) is 10.8. The van der Waals surface area contributed by atoms with Crippen LogP contribution < -0.4 is 5.32 Å². The average Bonchev–Trinajstić information content (AvgIpc) is 3.00. The van der Waals surface area contributed by atoms with Gasteiger partial charge in [-0.05, 0) is 52.0 Å². The molecule has 0 unspecified atom stereocenters. The highest BCUT2D eigenvalue weighted by Gasteiger charge is 2.21. The van der Waals surface area contributed by atoms with Crippen molar-refractivity contribution in [2.24, 2.45) is 0 Å². The van der Waals surface area contributed by atoms with Gasteiger partial charge in [0.2, 0.25) is 5.95 Å². The highest BCUT2D eigenvalue weighted by molar-refractivity contribution is 9.10. The van der Waals surface area contributed by atoms with Gasteiger partial charge < -0.3 is 5.32 Å². The molecule has 0 radical (unpaired) electrons. The van der Waals surface area contributed by atoms with Gasteiger partial charge in [-0.3, -0.25) is 0 Å². The second-order valence-electron chi connectivity index (χ2n) is 5.10. The molecule has 1 N–H and O–H groups in total. The van der Waals surface area contributed by atoms with Crippen LogP contribution in [-0.2, 0) is 12.8 Å². The van der Waals surface area contributed by atoms with E-state index in [1.54, 1.807) is 4.52 Å². The largest absolute Gasteiger partial charge is 0.350 e. The minimum absolute atomic E-state index is 0.383. The summed E-state index contributed by atoms with van der Waals surface area (Å²) in [5, 5.41) is 7.90. The van der Waals surface area contributed by atoms with Crippen molar-refractivity contribution in [3.63, 3.8) is 0 Å². The van der Waals surface area contributed by atoms with Gasteiger partial charge in [-0.25, -0.2) is 4.52 Å². The molecule has 3 aromatic rings. The first-order chi connectivity index (χ1) is 9.78. The molecular formula is C15H13BrN4. The molecule has 0 bridgehead atoms. The lowest BCUT2D eigenvalue weighted by Gasteiger charge is -2.08. The van der Waals surface area contributed by atoms with Crippen molar-refractivity contribution in [1.82, 2.24) is 14.6 Å². The number of benzene rings is 1. The van der Waals surface area contributed by atoms with Gasteiger partial charge in [0.1, 0.15) is 0 Å². The van der Waals surface area contributed by atoms with Gasteiger partial charge in [-0.1, -0.05) is 24.3 Å². The number of anilines is 1. The molecule has 0 fully saturated rings. The average molecular weight is 329 g/mol. The molecule has 100 valence electrons. The summed E-state index contributed by atoms with van der Waals surface area (Å²) >= 11 is 3.44. The van der Waals surface area contributed by atoms with Crippen LogP contribution >= 0.6 is 15.9 Å². The van der Waals surface area contributed by atoms with E-state index in [-0.39, 0.29) is 0 Å². The molecule has 1 aliphatic rings. The van der Waals surface area contributed by atoms with E-state index >= 15 is 0 Å². The smallest absolute Gasteiger partial charge is 0.243 e. The summed E-state index contributed by atoms with van der Waals surface area (Å²) < 4.78 is 2.78. The maximum absolute atomic E-state index is 4.50. The normalized spacial score (nSPS) is 14.7. The summed E-state index contributed by atoms with van der Waals surface area (Å²) in [5.41, 5.74) is 3.71. The van der Waals surface area contributed by atoms with Crippen LogP contribution in [0.3, 0.4) is 0 Å². The van der Waals surface area contributed by atoms with Crippen molar-refractivity contribution in [1.29, 1.82) is 0 Å². The highest BCUT2D eigenvalue weighted by Crippen LogP contribution is 2.23. The number of aromatic nitrogens is 3. The van der Waals surface area contributed by atoms with E-state index in [0.29, 0.717) is 12.0 Å². The minimum atomic E-state index is 0.383. The van der Waals surface area contributed by atoms with Gasteiger partial charge in [0.25, 0.3) is 0 Å². The molecule has 2 heterocycles. The number of nitrogens with zero attached hydrogens (tertiary/aromatic N) is 3. The maximum Gasteiger partial charge on any atom is 0.243 e. The number of pyridine rings is 1. The summed E-state index contributed by atoms with van der Waals surface area (Å²) in [7, 11) is 0. The van der Waals surface area contributed by atoms with Crippen molar-refractivity contribution in [2.75, 3.05) is 5.32 Å². The Balaban J connectivity index is 1.57. The van der Waals surface area contributed by atoms with Crippen LogP contribution in [0.25, 0.3) is 5.65 Å². The quantitative estimate of drug-likeness (QED) is 0.786. The van der Waals surface area contributed by atoms with Crippen LogP contribution in [0.2, 0.25) is 0 Å². The summed E-state index contributed by atoms with van der Waals surface area (Å²) in [6, 6.07) is 12.9. The Morgan fingerprint density at radius 1 is 1.10 bits per heavy atom. The summed E-state index contributed by atoms with van der Waals surface area (Å²) in [6.45, 7) is 0. The van der Waals surface area contributed by atoms with E-state index < -0.39 is 0 Å². The second kappa shape index (κ2) is 4.59. The molecular weight excluding hydrogens is 316 g/mol. The van der Waals surface area contributed by atoms with E-state index in [4.69, 9.17) is 0 Å². The van der Waals surface area contributed by atoms with E-state index in [9.17, 15) is 0 Å². The molecule has 0 saturated carbocycles. The molecule has 0 atom stereocenters. The highest BCUT2D eigenvalue weighted by atomic mass is 79.9. The lowest BCUT2D eigenvalue weighted by Crippen LogP contribution is -2.20. The third-order valence-electron chi connectivity index (χ3n) is 3.68. The molecule has 0 saturated heterocycles. The van der Waals surface area contributed by atoms with Crippen LogP contribution in [-0.4, -0.2) is 20.6 Å². The number of hydrogen-bond donors (Lipinski definition) is 1. The molecule has 4 nitrogen and oxygen atoms in total. The molecule has 0 spiro atoms. The summed E-state index contributed by atoms with van der Waals surface area (Å²) in [5.74, 6) is 0.695. The van der Waals surface area contributed by atoms with Gasteiger partial charge >= 0.3 is 0 Å². The number of nitrogens with one attached hydrogen (secondary N) is 1. The predicted molar refractivity (Wildman–Crippen MR) is 81.9 cm³/mol. The fourth-order valence-corrected chi connectivity index (χ4v) is 3.09. The van der Waals surface area contributed by atoms with Crippen LogP contribution in [0.4, 0.5) is 5.95 Å². The minimum Gasteiger partial charge on any atom is -0.350 e. The Bertz CT molecular complexity index is 755. The van der Waals surface area contributed by atoms with E-state index in [0.717, 1.165) is 23.0 Å². The molecule has 1 aromatic carbocycles. The molecule has 2 aromatic heterocycles. The van der Waals surface area contributed by atoms with Crippen molar-refractivity contribution < 1.29 is 0 Å². The Hall–Kier alpha value is -1.88.